The Hall–Kier alpha value is -1.82. The van der Waals surface area contributed by atoms with E-state index in [1.165, 1.54) is 12.1 Å². The van der Waals surface area contributed by atoms with Crippen molar-refractivity contribution >= 4 is 11.7 Å². The van der Waals surface area contributed by atoms with Crippen molar-refractivity contribution in [3.8, 4) is 5.75 Å². The molecule has 1 aliphatic rings. The molecule has 0 unspecified atom stereocenters. The Bertz CT molecular complexity index is 462. The van der Waals surface area contributed by atoms with Gasteiger partial charge in [-0.05, 0) is 38.4 Å². The van der Waals surface area contributed by atoms with E-state index in [4.69, 9.17) is 4.74 Å². The van der Waals surface area contributed by atoms with Gasteiger partial charge < -0.3 is 20.7 Å². The summed E-state index contributed by atoms with van der Waals surface area (Å²) in [5, 5.41) is 8.50. The van der Waals surface area contributed by atoms with E-state index >= 15 is 0 Å². The first-order valence-electron chi connectivity index (χ1n) is 6.89. The van der Waals surface area contributed by atoms with Crippen LogP contribution < -0.4 is 20.7 Å². The van der Waals surface area contributed by atoms with Gasteiger partial charge in [0.2, 0.25) is 0 Å². The summed E-state index contributed by atoms with van der Waals surface area (Å²) in [6.45, 7) is 3.83. The Balaban J connectivity index is 1.83. The predicted molar refractivity (Wildman–Crippen MR) is 75.6 cm³/mol. The van der Waals surface area contributed by atoms with Crippen molar-refractivity contribution in [2.75, 3.05) is 25.0 Å². The molecule has 0 spiro atoms. The number of nitrogens with one attached hydrogen (secondary N) is 3. The van der Waals surface area contributed by atoms with Crippen LogP contribution in [-0.2, 0) is 0 Å². The molecule has 0 bridgehead atoms. The topological polar surface area (TPSA) is 62.4 Å². The molecule has 1 aliphatic heterocycles. The van der Waals surface area contributed by atoms with Crippen molar-refractivity contribution in [2.45, 2.75) is 25.8 Å². The Labute approximate surface area is 117 Å². The number of hydrogen-bond donors (Lipinski definition) is 3. The van der Waals surface area contributed by atoms with Gasteiger partial charge in [0.25, 0.3) is 0 Å². The van der Waals surface area contributed by atoms with Gasteiger partial charge in [-0.1, -0.05) is 0 Å². The summed E-state index contributed by atoms with van der Waals surface area (Å²) in [5.41, 5.74) is 0.144. The fourth-order valence-electron chi connectivity index (χ4n) is 2.17. The molecule has 1 heterocycles. The molecule has 1 fully saturated rings. The molecule has 1 atom stereocenters. The molecule has 1 saturated heterocycles. The Morgan fingerprint density at radius 3 is 3.05 bits per heavy atom. The SMILES string of the molecule is CCOc1ccc(NC(=O)NC[C@@H]2CCCN2)c(F)c1. The number of halogens is 1. The molecule has 0 saturated carbocycles. The second-order valence-corrected chi connectivity index (χ2v) is 4.70. The van der Waals surface area contributed by atoms with Crippen LogP contribution in [0.4, 0.5) is 14.9 Å². The summed E-state index contributed by atoms with van der Waals surface area (Å²) < 4.78 is 18.9. The summed E-state index contributed by atoms with van der Waals surface area (Å²) in [7, 11) is 0. The first kappa shape index (κ1) is 14.6. The number of carbonyl (C=O) groups excluding carboxylic acids is 1. The van der Waals surface area contributed by atoms with Gasteiger partial charge in [0.1, 0.15) is 11.6 Å². The maximum absolute atomic E-state index is 13.7. The van der Waals surface area contributed by atoms with Gasteiger partial charge in [0.05, 0.1) is 12.3 Å². The first-order valence-corrected chi connectivity index (χ1v) is 6.89. The maximum Gasteiger partial charge on any atom is 0.319 e. The Morgan fingerprint density at radius 1 is 1.55 bits per heavy atom. The highest BCUT2D eigenvalue weighted by atomic mass is 19.1. The second-order valence-electron chi connectivity index (χ2n) is 4.70. The molecule has 1 aromatic carbocycles. The van der Waals surface area contributed by atoms with Gasteiger partial charge in [-0.15, -0.1) is 0 Å². The number of urea groups is 1. The van der Waals surface area contributed by atoms with Crippen molar-refractivity contribution < 1.29 is 13.9 Å². The molecular weight excluding hydrogens is 261 g/mol. The van der Waals surface area contributed by atoms with E-state index in [1.807, 2.05) is 6.92 Å². The molecule has 3 N–H and O–H groups in total. The molecule has 6 heteroatoms. The Morgan fingerprint density at radius 2 is 2.40 bits per heavy atom. The van der Waals surface area contributed by atoms with Crippen molar-refractivity contribution in [1.29, 1.82) is 0 Å². The smallest absolute Gasteiger partial charge is 0.319 e. The van der Waals surface area contributed by atoms with Crippen LogP contribution in [0, 0.1) is 5.82 Å². The standard InChI is InChI=1S/C14H20FN3O2/c1-2-20-11-5-6-13(12(15)8-11)18-14(19)17-9-10-4-3-7-16-10/h5-6,8,10,16H,2-4,7,9H2,1H3,(H2,17,18,19)/t10-/m0/s1. The Kier molecular flexibility index (Phi) is 5.17. The number of carbonyl (C=O) groups is 1. The summed E-state index contributed by atoms with van der Waals surface area (Å²) in [4.78, 5) is 11.7. The van der Waals surface area contributed by atoms with Crippen LogP contribution in [0.3, 0.4) is 0 Å². The van der Waals surface area contributed by atoms with E-state index in [2.05, 4.69) is 16.0 Å². The molecule has 20 heavy (non-hydrogen) atoms. The van der Waals surface area contributed by atoms with Crippen molar-refractivity contribution in [2.24, 2.45) is 0 Å². The molecule has 1 aromatic rings. The minimum absolute atomic E-state index is 0.144. The number of hydrogen-bond acceptors (Lipinski definition) is 3. The van der Waals surface area contributed by atoms with Crippen LogP contribution in [0.1, 0.15) is 19.8 Å². The van der Waals surface area contributed by atoms with Crippen LogP contribution in [0.25, 0.3) is 0 Å². The molecule has 0 aliphatic carbocycles. The van der Waals surface area contributed by atoms with E-state index in [1.54, 1.807) is 6.07 Å². The fraction of sp³-hybridized carbons (Fsp3) is 0.500. The van der Waals surface area contributed by atoms with E-state index in [0.717, 1.165) is 19.4 Å². The lowest BCUT2D eigenvalue weighted by atomic mass is 10.2. The predicted octanol–water partition coefficient (Wildman–Crippen LogP) is 2.10. The van der Waals surface area contributed by atoms with Crippen molar-refractivity contribution in [3.05, 3.63) is 24.0 Å². The highest BCUT2D eigenvalue weighted by molar-refractivity contribution is 5.89. The van der Waals surface area contributed by atoms with E-state index in [9.17, 15) is 9.18 Å². The van der Waals surface area contributed by atoms with E-state index in [0.29, 0.717) is 24.9 Å². The summed E-state index contributed by atoms with van der Waals surface area (Å²) in [6.07, 6.45) is 2.18. The molecule has 5 nitrogen and oxygen atoms in total. The normalized spacial score (nSPS) is 17.8. The zero-order valence-corrected chi connectivity index (χ0v) is 11.5. The van der Waals surface area contributed by atoms with Crippen LogP contribution in [0.15, 0.2) is 18.2 Å². The average molecular weight is 281 g/mol. The largest absolute Gasteiger partial charge is 0.494 e. The van der Waals surface area contributed by atoms with E-state index in [-0.39, 0.29) is 5.69 Å². The van der Waals surface area contributed by atoms with Crippen molar-refractivity contribution in [1.82, 2.24) is 10.6 Å². The third-order valence-electron chi connectivity index (χ3n) is 3.17. The molecule has 110 valence electrons. The molecule has 0 radical (unpaired) electrons. The lowest BCUT2D eigenvalue weighted by Gasteiger charge is -2.13. The molecular formula is C14H20FN3O2. The molecule has 0 aromatic heterocycles. The van der Waals surface area contributed by atoms with Gasteiger partial charge >= 0.3 is 6.03 Å². The van der Waals surface area contributed by atoms with Gasteiger partial charge in [-0.3, -0.25) is 0 Å². The molecule has 2 rings (SSSR count). The van der Waals surface area contributed by atoms with E-state index < -0.39 is 11.8 Å². The number of rotatable bonds is 5. The van der Waals surface area contributed by atoms with Crippen LogP contribution in [-0.4, -0.2) is 31.8 Å². The minimum atomic E-state index is -0.509. The number of amides is 2. The average Bonchev–Trinajstić information content (AvgIpc) is 2.93. The minimum Gasteiger partial charge on any atom is -0.494 e. The number of ether oxygens (including phenoxy) is 1. The quantitative estimate of drug-likeness (QED) is 0.774. The number of anilines is 1. The zero-order chi connectivity index (χ0) is 14.4. The second kappa shape index (κ2) is 7.09. The van der Waals surface area contributed by atoms with Gasteiger partial charge in [0.15, 0.2) is 0 Å². The van der Waals surface area contributed by atoms with Gasteiger partial charge in [0, 0.05) is 18.7 Å². The lowest BCUT2D eigenvalue weighted by Crippen LogP contribution is -2.39. The number of benzene rings is 1. The lowest BCUT2D eigenvalue weighted by molar-refractivity contribution is 0.251. The third-order valence-corrected chi connectivity index (χ3v) is 3.17. The maximum atomic E-state index is 13.7. The van der Waals surface area contributed by atoms with Gasteiger partial charge in [-0.25, -0.2) is 9.18 Å². The third kappa shape index (κ3) is 4.09. The van der Waals surface area contributed by atoms with Crippen LogP contribution >= 0.6 is 0 Å². The van der Waals surface area contributed by atoms with Crippen LogP contribution in [0.2, 0.25) is 0 Å². The summed E-state index contributed by atoms with van der Waals surface area (Å²) in [5.74, 6) is -0.0591. The monoisotopic (exact) mass is 281 g/mol. The highest BCUT2D eigenvalue weighted by Gasteiger charge is 2.15. The summed E-state index contributed by atoms with van der Waals surface area (Å²) >= 11 is 0. The molecule has 2 amide bonds. The summed E-state index contributed by atoms with van der Waals surface area (Å²) in [6, 6.07) is 4.29. The first-order chi connectivity index (χ1) is 9.69. The zero-order valence-electron chi connectivity index (χ0n) is 11.5. The van der Waals surface area contributed by atoms with Gasteiger partial charge in [-0.2, -0.15) is 0 Å². The van der Waals surface area contributed by atoms with Crippen molar-refractivity contribution in [3.63, 3.8) is 0 Å². The highest BCUT2D eigenvalue weighted by Crippen LogP contribution is 2.20. The van der Waals surface area contributed by atoms with Crippen LogP contribution in [0.5, 0.6) is 5.75 Å². The fourth-order valence-corrected chi connectivity index (χ4v) is 2.17.